The summed E-state index contributed by atoms with van der Waals surface area (Å²) in [5.74, 6) is 0.396. The molecule has 1 atom stereocenters. The highest BCUT2D eigenvalue weighted by molar-refractivity contribution is 5.03. The molecule has 1 aromatic heterocycles. The lowest BCUT2D eigenvalue weighted by atomic mass is 10.2. The lowest BCUT2D eigenvalue weighted by molar-refractivity contribution is 0.0666. The van der Waals surface area contributed by atoms with Crippen molar-refractivity contribution in [2.24, 2.45) is 5.41 Å². The number of halogens is 2. The minimum Gasteiger partial charge on any atom is -0.307 e. The highest BCUT2D eigenvalue weighted by Gasteiger charge is 2.45. The second kappa shape index (κ2) is 3.56. The topological polar surface area (TPSA) is 29.9 Å². The summed E-state index contributed by atoms with van der Waals surface area (Å²) in [5.41, 5.74) is 0.308. The molecular weight excluding hydrogens is 200 g/mol. The number of hydrogen-bond acceptors (Lipinski definition) is 2. The van der Waals surface area contributed by atoms with Gasteiger partial charge in [0.1, 0.15) is 5.82 Å². The van der Waals surface area contributed by atoms with Gasteiger partial charge in [0.2, 0.25) is 0 Å². The van der Waals surface area contributed by atoms with Crippen LogP contribution in [-0.4, -0.2) is 15.6 Å². The number of alkyl halides is 2. The van der Waals surface area contributed by atoms with Crippen LogP contribution in [0.15, 0.2) is 12.4 Å². The zero-order valence-corrected chi connectivity index (χ0v) is 8.87. The molecule has 0 aliphatic heterocycles. The van der Waals surface area contributed by atoms with Crippen LogP contribution >= 0.6 is 0 Å². The van der Waals surface area contributed by atoms with Crippen LogP contribution < -0.4 is 5.32 Å². The van der Waals surface area contributed by atoms with E-state index in [1.54, 1.807) is 0 Å². The van der Waals surface area contributed by atoms with Gasteiger partial charge < -0.3 is 5.32 Å². The van der Waals surface area contributed by atoms with Gasteiger partial charge in [-0.15, -0.1) is 0 Å². The van der Waals surface area contributed by atoms with Gasteiger partial charge in [-0.05, 0) is 11.8 Å². The largest absolute Gasteiger partial charge is 0.319 e. The number of nitrogens with one attached hydrogen (secondary N) is 1. The van der Waals surface area contributed by atoms with Gasteiger partial charge >= 0.3 is 6.55 Å². The van der Waals surface area contributed by atoms with Crippen molar-refractivity contribution in [3.63, 3.8) is 0 Å². The van der Waals surface area contributed by atoms with Gasteiger partial charge in [0.15, 0.2) is 0 Å². The summed E-state index contributed by atoms with van der Waals surface area (Å²) in [6, 6.07) is 0.431. The summed E-state index contributed by atoms with van der Waals surface area (Å²) in [7, 11) is 0. The molecule has 1 fully saturated rings. The summed E-state index contributed by atoms with van der Waals surface area (Å²) in [5, 5.41) is 3.23. The van der Waals surface area contributed by atoms with E-state index in [0.717, 1.165) is 11.0 Å². The molecule has 1 aliphatic carbocycles. The predicted octanol–water partition coefficient (Wildman–Crippen LogP) is 2.17. The van der Waals surface area contributed by atoms with Crippen molar-refractivity contribution in [3.05, 3.63) is 18.2 Å². The molecule has 84 valence electrons. The highest BCUT2D eigenvalue weighted by atomic mass is 19.3. The van der Waals surface area contributed by atoms with Crippen molar-refractivity contribution >= 4 is 0 Å². The Morgan fingerprint density at radius 2 is 2.33 bits per heavy atom. The number of hydrogen-bond donors (Lipinski definition) is 1. The molecular formula is C10H15F2N3. The van der Waals surface area contributed by atoms with Gasteiger partial charge in [-0.2, -0.15) is 8.78 Å². The maximum atomic E-state index is 12.4. The van der Waals surface area contributed by atoms with Crippen molar-refractivity contribution in [1.82, 2.24) is 14.9 Å². The fraction of sp³-hybridized carbons (Fsp3) is 0.700. The molecule has 0 bridgehead atoms. The molecule has 5 heteroatoms. The Kier molecular flexibility index (Phi) is 2.50. The van der Waals surface area contributed by atoms with Crippen molar-refractivity contribution < 1.29 is 8.78 Å². The van der Waals surface area contributed by atoms with E-state index in [1.807, 2.05) is 0 Å². The number of nitrogens with zero attached hydrogens (tertiary/aromatic N) is 2. The summed E-state index contributed by atoms with van der Waals surface area (Å²) >= 11 is 0. The summed E-state index contributed by atoms with van der Waals surface area (Å²) < 4.78 is 25.8. The first kappa shape index (κ1) is 10.5. The number of imidazole rings is 1. The molecule has 1 unspecified atom stereocenters. The summed E-state index contributed by atoms with van der Waals surface area (Å²) in [6.07, 6.45) is 3.81. The normalized spacial score (nSPS) is 23.4. The summed E-state index contributed by atoms with van der Waals surface area (Å²) in [6.45, 7) is 2.22. The van der Waals surface area contributed by atoms with Crippen LogP contribution in [0.2, 0.25) is 0 Å². The van der Waals surface area contributed by atoms with Gasteiger partial charge in [0.25, 0.3) is 0 Å². The minimum atomic E-state index is -2.50. The van der Waals surface area contributed by atoms with Crippen LogP contribution in [0.5, 0.6) is 0 Å². The van der Waals surface area contributed by atoms with Gasteiger partial charge in [-0.25, -0.2) is 4.98 Å². The van der Waals surface area contributed by atoms with Gasteiger partial charge in [-0.3, -0.25) is 4.57 Å². The third-order valence-corrected chi connectivity index (χ3v) is 2.98. The maximum Gasteiger partial charge on any atom is 0.319 e. The quantitative estimate of drug-likeness (QED) is 0.834. The third kappa shape index (κ3) is 2.17. The van der Waals surface area contributed by atoms with Gasteiger partial charge in [-0.1, -0.05) is 13.8 Å². The number of aromatic nitrogens is 2. The van der Waals surface area contributed by atoms with Crippen LogP contribution in [0, 0.1) is 5.41 Å². The standard InChI is InChI=1S/C10H15F2N3/c1-10(2)5-7(10)14-6-8-13-3-4-15(8)9(11)12/h3-4,7,9,14H,5-6H2,1-2H3. The fourth-order valence-corrected chi connectivity index (χ4v) is 1.69. The van der Waals surface area contributed by atoms with Gasteiger partial charge in [0, 0.05) is 18.4 Å². The average Bonchev–Trinajstić information content (AvgIpc) is 2.63. The molecule has 1 aliphatic rings. The molecule has 1 N–H and O–H groups in total. The Morgan fingerprint density at radius 1 is 1.67 bits per heavy atom. The Labute approximate surface area is 87.5 Å². The van der Waals surface area contributed by atoms with E-state index >= 15 is 0 Å². The van der Waals surface area contributed by atoms with Crippen LogP contribution in [0.4, 0.5) is 8.78 Å². The van der Waals surface area contributed by atoms with Crippen molar-refractivity contribution in [3.8, 4) is 0 Å². The molecule has 1 heterocycles. The smallest absolute Gasteiger partial charge is 0.307 e. The maximum absolute atomic E-state index is 12.4. The van der Waals surface area contributed by atoms with E-state index < -0.39 is 6.55 Å². The third-order valence-electron chi connectivity index (χ3n) is 2.98. The molecule has 1 saturated carbocycles. The molecule has 2 rings (SSSR count). The molecule has 0 amide bonds. The molecule has 1 aromatic rings. The van der Waals surface area contributed by atoms with E-state index in [1.165, 1.54) is 12.4 Å². The number of rotatable bonds is 4. The first-order valence-corrected chi connectivity index (χ1v) is 5.04. The van der Waals surface area contributed by atoms with E-state index in [9.17, 15) is 8.78 Å². The zero-order valence-electron chi connectivity index (χ0n) is 8.87. The minimum absolute atomic E-state index is 0.308. The molecule has 3 nitrogen and oxygen atoms in total. The Morgan fingerprint density at radius 3 is 2.87 bits per heavy atom. The Bertz CT molecular complexity index is 346. The Balaban J connectivity index is 1.91. The molecule has 0 spiro atoms. The van der Waals surface area contributed by atoms with Crippen LogP contribution in [0.25, 0.3) is 0 Å². The van der Waals surface area contributed by atoms with Crippen LogP contribution in [0.3, 0.4) is 0 Å². The summed E-state index contributed by atoms with van der Waals surface area (Å²) in [4.78, 5) is 3.91. The van der Waals surface area contributed by atoms with E-state index in [0.29, 0.717) is 23.8 Å². The lowest BCUT2D eigenvalue weighted by Gasteiger charge is -2.08. The SMILES string of the molecule is CC1(C)CC1NCc1nccn1C(F)F. The first-order valence-electron chi connectivity index (χ1n) is 5.04. The monoisotopic (exact) mass is 215 g/mol. The first-order chi connectivity index (χ1) is 7.00. The zero-order chi connectivity index (χ0) is 11.1. The Hall–Kier alpha value is -0.970. The van der Waals surface area contributed by atoms with Crippen molar-refractivity contribution in [2.45, 2.75) is 39.4 Å². The highest BCUT2D eigenvalue weighted by Crippen LogP contribution is 2.44. The van der Waals surface area contributed by atoms with Crippen LogP contribution in [-0.2, 0) is 6.54 Å². The van der Waals surface area contributed by atoms with E-state index in [4.69, 9.17) is 0 Å². The molecule has 15 heavy (non-hydrogen) atoms. The van der Waals surface area contributed by atoms with Gasteiger partial charge in [0.05, 0.1) is 6.54 Å². The molecule has 0 radical (unpaired) electrons. The second-order valence-electron chi connectivity index (χ2n) is 4.65. The predicted molar refractivity (Wildman–Crippen MR) is 52.5 cm³/mol. The molecule has 0 saturated heterocycles. The van der Waals surface area contributed by atoms with E-state index in [-0.39, 0.29) is 0 Å². The molecule has 0 aromatic carbocycles. The van der Waals surface area contributed by atoms with E-state index in [2.05, 4.69) is 24.1 Å². The van der Waals surface area contributed by atoms with Crippen molar-refractivity contribution in [2.75, 3.05) is 0 Å². The fourth-order valence-electron chi connectivity index (χ4n) is 1.69. The second-order valence-corrected chi connectivity index (χ2v) is 4.65. The van der Waals surface area contributed by atoms with Crippen LogP contribution in [0.1, 0.15) is 32.6 Å². The average molecular weight is 215 g/mol. The lowest BCUT2D eigenvalue weighted by Crippen LogP contribution is -2.22. The van der Waals surface area contributed by atoms with Crippen molar-refractivity contribution in [1.29, 1.82) is 0 Å².